The maximum Gasteiger partial charge on any atom is 0.166 e. The molecule has 0 amide bonds. The lowest BCUT2D eigenvalue weighted by atomic mass is 9.69. The highest BCUT2D eigenvalue weighted by Crippen LogP contribution is 2.55. The molecule has 0 saturated carbocycles. The van der Waals surface area contributed by atoms with E-state index in [9.17, 15) is 0 Å². The van der Waals surface area contributed by atoms with Gasteiger partial charge in [0.2, 0.25) is 0 Å². The molecule has 0 radical (unpaired) electrons. The molecule has 0 N–H and O–H groups in total. The van der Waals surface area contributed by atoms with Crippen molar-refractivity contribution in [2.75, 3.05) is 20.7 Å². The lowest BCUT2D eigenvalue weighted by Crippen LogP contribution is -2.39. The second-order valence-corrected chi connectivity index (χ2v) is 6.25. The molecular weight excluding hydrogens is 250 g/mol. The van der Waals surface area contributed by atoms with Crippen LogP contribution in [0.4, 0.5) is 0 Å². The van der Waals surface area contributed by atoms with Crippen molar-refractivity contribution >= 4 is 0 Å². The van der Waals surface area contributed by atoms with E-state index in [0.29, 0.717) is 0 Å². The van der Waals surface area contributed by atoms with Crippen molar-refractivity contribution in [3.8, 4) is 11.5 Å². The highest BCUT2D eigenvalue weighted by atomic mass is 16.5. The molecule has 106 valence electrons. The average molecular weight is 271 g/mol. The zero-order valence-corrected chi connectivity index (χ0v) is 12.2. The number of methoxy groups -OCH3 is 1. The van der Waals surface area contributed by atoms with Gasteiger partial charge in [0.05, 0.1) is 12.5 Å². The van der Waals surface area contributed by atoms with Crippen LogP contribution in [0.15, 0.2) is 24.3 Å². The molecule has 2 heterocycles. The van der Waals surface area contributed by atoms with Crippen LogP contribution >= 0.6 is 0 Å². The molecule has 1 aromatic carbocycles. The zero-order valence-electron chi connectivity index (χ0n) is 12.2. The van der Waals surface area contributed by atoms with Crippen LogP contribution in [0.1, 0.15) is 30.4 Å². The average Bonchev–Trinajstić information content (AvgIpc) is 2.74. The van der Waals surface area contributed by atoms with Crippen molar-refractivity contribution in [1.82, 2.24) is 4.90 Å². The number of hydrogen-bond donors (Lipinski definition) is 0. The fourth-order valence-electron chi connectivity index (χ4n) is 4.10. The Morgan fingerprint density at radius 2 is 2.30 bits per heavy atom. The van der Waals surface area contributed by atoms with Crippen molar-refractivity contribution in [1.29, 1.82) is 0 Å². The first-order valence-corrected chi connectivity index (χ1v) is 7.48. The summed E-state index contributed by atoms with van der Waals surface area (Å²) in [4.78, 5) is 2.41. The molecule has 0 bridgehead atoms. The molecule has 1 spiro atoms. The van der Waals surface area contributed by atoms with E-state index in [1.807, 2.05) is 0 Å². The minimum absolute atomic E-state index is 0.0716. The first-order valence-electron chi connectivity index (χ1n) is 7.48. The normalized spacial score (nSPS) is 31.2. The Hall–Kier alpha value is -1.48. The molecule has 0 aromatic heterocycles. The largest absolute Gasteiger partial charge is 0.493 e. The summed E-state index contributed by atoms with van der Waals surface area (Å²) < 4.78 is 11.9. The Labute approximate surface area is 120 Å². The number of nitrogens with zero attached hydrogens (tertiary/aromatic N) is 1. The zero-order chi connectivity index (χ0) is 13.7. The Balaban J connectivity index is 1.98. The van der Waals surface area contributed by atoms with Crippen LogP contribution in [0.3, 0.4) is 0 Å². The van der Waals surface area contributed by atoms with Gasteiger partial charge < -0.3 is 14.4 Å². The molecule has 0 fully saturated rings. The van der Waals surface area contributed by atoms with Crippen LogP contribution in [0, 0.1) is 0 Å². The Morgan fingerprint density at radius 3 is 3.15 bits per heavy atom. The van der Waals surface area contributed by atoms with E-state index in [2.05, 4.69) is 36.2 Å². The van der Waals surface area contributed by atoms with E-state index in [4.69, 9.17) is 9.47 Å². The molecule has 3 heteroatoms. The SMILES string of the molecule is COc1ccc2c3c1OC1CCC=CC31CCN(C)C2. The summed E-state index contributed by atoms with van der Waals surface area (Å²) in [5.41, 5.74) is 2.86. The summed E-state index contributed by atoms with van der Waals surface area (Å²) >= 11 is 0. The van der Waals surface area contributed by atoms with Crippen LogP contribution in [-0.4, -0.2) is 31.7 Å². The van der Waals surface area contributed by atoms with Gasteiger partial charge in [-0.3, -0.25) is 0 Å². The Bertz CT molecular complexity index is 581. The lowest BCUT2D eigenvalue weighted by molar-refractivity contribution is 0.140. The van der Waals surface area contributed by atoms with E-state index >= 15 is 0 Å². The van der Waals surface area contributed by atoms with Gasteiger partial charge in [0.1, 0.15) is 6.10 Å². The van der Waals surface area contributed by atoms with E-state index in [0.717, 1.165) is 43.9 Å². The molecule has 1 aromatic rings. The predicted octanol–water partition coefficient (Wildman–Crippen LogP) is 2.88. The lowest BCUT2D eigenvalue weighted by Gasteiger charge is -2.34. The molecule has 1 aliphatic carbocycles. The smallest absolute Gasteiger partial charge is 0.166 e. The maximum absolute atomic E-state index is 6.34. The van der Waals surface area contributed by atoms with Crippen LogP contribution < -0.4 is 9.47 Å². The second kappa shape index (κ2) is 4.26. The van der Waals surface area contributed by atoms with Crippen molar-refractivity contribution in [3.05, 3.63) is 35.4 Å². The van der Waals surface area contributed by atoms with Gasteiger partial charge in [0.15, 0.2) is 11.5 Å². The van der Waals surface area contributed by atoms with Gasteiger partial charge in [0.25, 0.3) is 0 Å². The highest BCUT2D eigenvalue weighted by Gasteiger charge is 2.51. The summed E-state index contributed by atoms with van der Waals surface area (Å²) in [5, 5.41) is 0. The van der Waals surface area contributed by atoms with Gasteiger partial charge in [-0.25, -0.2) is 0 Å². The van der Waals surface area contributed by atoms with Crippen LogP contribution in [-0.2, 0) is 12.0 Å². The van der Waals surface area contributed by atoms with E-state index < -0.39 is 0 Å². The third-order valence-corrected chi connectivity index (χ3v) is 5.09. The van der Waals surface area contributed by atoms with Gasteiger partial charge in [-0.2, -0.15) is 0 Å². The minimum Gasteiger partial charge on any atom is -0.493 e. The second-order valence-electron chi connectivity index (χ2n) is 6.25. The van der Waals surface area contributed by atoms with Crippen LogP contribution in [0.25, 0.3) is 0 Å². The van der Waals surface area contributed by atoms with Gasteiger partial charge in [-0.05, 0) is 44.5 Å². The summed E-state index contributed by atoms with van der Waals surface area (Å²) in [6, 6.07) is 4.28. The van der Waals surface area contributed by atoms with E-state index in [-0.39, 0.29) is 11.5 Å². The number of ether oxygens (including phenoxy) is 2. The molecular formula is C17H21NO2. The van der Waals surface area contributed by atoms with Gasteiger partial charge in [0, 0.05) is 12.1 Å². The Morgan fingerprint density at radius 1 is 1.40 bits per heavy atom. The van der Waals surface area contributed by atoms with E-state index in [1.54, 1.807) is 7.11 Å². The molecule has 2 unspecified atom stereocenters. The summed E-state index contributed by atoms with van der Waals surface area (Å²) in [6.45, 7) is 2.11. The van der Waals surface area contributed by atoms with Crippen molar-refractivity contribution < 1.29 is 9.47 Å². The van der Waals surface area contributed by atoms with Crippen molar-refractivity contribution in [2.45, 2.75) is 37.3 Å². The third kappa shape index (κ3) is 1.50. The van der Waals surface area contributed by atoms with E-state index in [1.165, 1.54) is 11.1 Å². The number of benzene rings is 1. The number of allylic oxidation sites excluding steroid dienone is 1. The van der Waals surface area contributed by atoms with Gasteiger partial charge in [-0.15, -0.1) is 0 Å². The van der Waals surface area contributed by atoms with Crippen LogP contribution in [0.2, 0.25) is 0 Å². The fourth-order valence-corrected chi connectivity index (χ4v) is 4.10. The Kier molecular flexibility index (Phi) is 2.61. The van der Waals surface area contributed by atoms with Crippen LogP contribution in [0.5, 0.6) is 11.5 Å². The summed E-state index contributed by atoms with van der Waals surface area (Å²) in [5.74, 6) is 1.88. The monoisotopic (exact) mass is 271 g/mol. The predicted molar refractivity (Wildman–Crippen MR) is 78.4 cm³/mol. The van der Waals surface area contributed by atoms with Gasteiger partial charge in [-0.1, -0.05) is 18.2 Å². The first-order chi connectivity index (χ1) is 9.74. The molecule has 3 aliphatic rings. The van der Waals surface area contributed by atoms with Crippen molar-refractivity contribution in [2.24, 2.45) is 0 Å². The molecule has 3 nitrogen and oxygen atoms in total. The topological polar surface area (TPSA) is 21.7 Å². The summed E-state index contributed by atoms with van der Waals surface area (Å²) in [7, 11) is 3.94. The molecule has 20 heavy (non-hydrogen) atoms. The highest BCUT2D eigenvalue weighted by molar-refractivity contribution is 5.60. The summed E-state index contributed by atoms with van der Waals surface area (Å²) in [6.07, 6.45) is 8.39. The van der Waals surface area contributed by atoms with Crippen molar-refractivity contribution in [3.63, 3.8) is 0 Å². The molecule has 2 atom stereocenters. The first kappa shape index (κ1) is 12.3. The molecule has 2 aliphatic heterocycles. The quantitative estimate of drug-likeness (QED) is 0.733. The third-order valence-electron chi connectivity index (χ3n) is 5.09. The maximum atomic E-state index is 6.34. The number of rotatable bonds is 1. The molecule has 0 saturated heterocycles. The standard InChI is InChI=1S/C17H21NO2/c1-18-10-9-17-8-4-3-5-14(17)20-16-13(19-2)7-6-12(11-18)15(16)17/h4,6-8,14H,3,5,9-11H2,1-2H3. The minimum atomic E-state index is 0.0716. The fraction of sp³-hybridized carbons (Fsp3) is 0.529. The molecule has 4 rings (SSSR count). The van der Waals surface area contributed by atoms with Gasteiger partial charge >= 0.3 is 0 Å². The number of hydrogen-bond acceptors (Lipinski definition) is 3.